The number of hydrogen-bond acceptors (Lipinski definition) is 5. The van der Waals surface area contributed by atoms with Crippen LogP contribution in [0.2, 0.25) is 0 Å². The fourth-order valence-electron chi connectivity index (χ4n) is 1.21. The average Bonchev–Trinajstić information content (AvgIpc) is 2.27. The number of para-hydroxylation sites is 1. The highest BCUT2D eigenvalue weighted by atomic mass is 32.2. The van der Waals surface area contributed by atoms with Crippen LogP contribution in [0.4, 0.5) is 5.69 Å². The van der Waals surface area contributed by atoms with Crippen molar-refractivity contribution < 1.29 is 18.3 Å². The molecule has 96 valence electrons. The van der Waals surface area contributed by atoms with E-state index in [1.807, 2.05) is 0 Å². The van der Waals surface area contributed by atoms with Crippen molar-refractivity contribution in [2.75, 3.05) is 19.4 Å². The zero-order chi connectivity index (χ0) is 13.1. The molecule has 0 saturated heterocycles. The molecule has 4 N–H and O–H groups in total. The fraction of sp³-hybridized carbons (Fsp3) is 0.400. The first-order valence-corrected chi connectivity index (χ1v) is 6.49. The van der Waals surface area contributed by atoms with Crippen molar-refractivity contribution in [1.29, 1.82) is 0 Å². The molecule has 0 aliphatic carbocycles. The van der Waals surface area contributed by atoms with E-state index in [-0.39, 0.29) is 22.9 Å². The van der Waals surface area contributed by atoms with E-state index in [0.717, 1.165) is 0 Å². The highest BCUT2D eigenvalue weighted by Crippen LogP contribution is 2.30. The zero-order valence-corrected chi connectivity index (χ0v) is 10.5. The molecule has 1 atom stereocenters. The van der Waals surface area contributed by atoms with Gasteiger partial charge in [-0.05, 0) is 26.1 Å². The molecule has 0 fully saturated rings. The van der Waals surface area contributed by atoms with Gasteiger partial charge in [-0.25, -0.2) is 13.1 Å². The molecule has 0 amide bonds. The van der Waals surface area contributed by atoms with Gasteiger partial charge in [-0.3, -0.25) is 0 Å². The topological polar surface area (TPSA) is 102 Å². The Morgan fingerprint density at radius 1 is 1.53 bits per heavy atom. The Morgan fingerprint density at radius 3 is 2.71 bits per heavy atom. The van der Waals surface area contributed by atoms with Crippen molar-refractivity contribution in [2.45, 2.75) is 17.9 Å². The minimum absolute atomic E-state index is 0.0273. The molecular weight excluding hydrogens is 244 g/mol. The van der Waals surface area contributed by atoms with Crippen LogP contribution >= 0.6 is 0 Å². The van der Waals surface area contributed by atoms with E-state index in [9.17, 15) is 8.42 Å². The molecule has 1 rings (SSSR count). The van der Waals surface area contributed by atoms with Crippen LogP contribution in [0.15, 0.2) is 23.1 Å². The summed E-state index contributed by atoms with van der Waals surface area (Å²) >= 11 is 0. The third kappa shape index (κ3) is 3.32. The van der Waals surface area contributed by atoms with Gasteiger partial charge in [0.15, 0.2) is 5.75 Å². The standard InChI is InChI=1S/C10H16N2O4S/c1-7(13)6-16-10-8(11)4-3-5-9(10)17(14,15)12-2/h3-5,7,12-13H,6,11H2,1-2H3. The molecule has 0 saturated carbocycles. The largest absolute Gasteiger partial charge is 0.487 e. The normalized spacial score (nSPS) is 13.4. The van der Waals surface area contributed by atoms with Crippen molar-refractivity contribution in [2.24, 2.45) is 0 Å². The number of ether oxygens (including phenoxy) is 1. The van der Waals surface area contributed by atoms with Gasteiger partial charge in [0.25, 0.3) is 0 Å². The predicted octanol–water partition coefficient (Wildman–Crippen LogP) is -0.0635. The molecule has 1 unspecified atom stereocenters. The molecule has 0 aliphatic rings. The number of hydrogen-bond donors (Lipinski definition) is 3. The van der Waals surface area contributed by atoms with Crippen molar-refractivity contribution in [1.82, 2.24) is 4.72 Å². The van der Waals surface area contributed by atoms with Gasteiger partial charge in [0, 0.05) is 0 Å². The summed E-state index contributed by atoms with van der Waals surface area (Å²) in [4.78, 5) is -0.0411. The van der Waals surface area contributed by atoms with Crippen LogP contribution in [0.25, 0.3) is 0 Å². The maximum Gasteiger partial charge on any atom is 0.244 e. The van der Waals surface area contributed by atoms with Gasteiger partial charge < -0.3 is 15.6 Å². The first kappa shape index (κ1) is 13.8. The Kier molecular flexibility index (Phi) is 4.33. The monoisotopic (exact) mass is 260 g/mol. The van der Waals surface area contributed by atoms with E-state index in [2.05, 4.69) is 4.72 Å². The number of nitrogens with two attached hydrogens (primary N) is 1. The average molecular weight is 260 g/mol. The summed E-state index contributed by atoms with van der Waals surface area (Å²) in [7, 11) is -2.33. The molecule has 0 spiro atoms. The Bertz CT molecular complexity index is 485. The third-order valence-corrected chi connectivity index (χ3v) is 3.47. The Balaban J connectivity index is 3.18. The van der Waals surface area contributed by atoms with Gasteiger partial charge in [-0.1, -0.05) is 6.07 Å². The lowest BCUT2D eigenvalue weighted by Gasteiger charge is -2.14. The van der Waals surface area contributed by atoms with Crippen LogP contribution < -0.4 is 15.2 Å². The van der Waals surface area contributed by atoms with E-state index in [0.29, 0.717) is 0 Å². The van der Waals surface area contributed by atoms with Crippen LogP contribution in [0.3, 0.4) is 0 Å². The second-order valence-corrected chi connectivity index (χ2v) is 5.40. The quantitative estimate of drug-likeness (QED) is 0.644. The van der Waals surface area contributed by atoms with E-state index >= 15 is 0 Å². The van der Waals surface area contributed by atoms with Crippen LogP contribution in [-0.2, 0) is 10.0 Å². The Hall–Kier alpha value is -1.31. The number of nitrogen functional groups attached to an aromatic ring is 1. The van der Waals surface area contributed by atoms with Gasteiger partial charge in [0.1, 0.15) is 11.5 Å². The molecule has 0 aromatic heterocycles. The Morgan fingerprint density at radius 2 is 2.18 bits per heavy atom. The lowest BCUT2D eigenvalue weighted by atomic mass is 10.3. The number of rotatable bonds is 5. The second-order valence-electron chi connectivity index (χ2n) is 3.54. The van der Waals surface area contributed by atoms with E-state index in [1.54, 1.807) is 0 Å². The number of aliphatic hydroxyl groups is 1. The van der Waals surface area contributed by atoms with Gasteiger partial charge >= 0.3 is 0 Å². The van der Waals surface area contributed by atoms with Gasteiger partial charge in [0.2, 0.25) is 10.0 Å². The van der Waals surface area contributed by atoms with Gasteiger partial charge in [0.05, 0.1) is 11.8 Å². The predicted molar refractivity (Wildman–Crippen MR) is 64.3 cm³/mol. The minimum atomic E-state index is -3.64. The van der Waals surface area contributed by atoms with Crippen molar-refractivity contribution in [3.63, 3.8) is 0 Å². The molecule has 1 aromatic rings. The lowest BCUT2D eigenvalue weighted by molar-refractivity contribution is 0.121. The SMILES string of the molecule is CNS(=O)(=O)c1cccc(N)c1OCC(C)O. The fourth-order valence-corrected chi connectivity index (χ4v) is 2.11. The van der Waals surface area contributed by atoms with Gasteiger partial charge in [-0.15, -0.1) is 0 Å². The molecule has 0 heterocycles. The number of anilines is 1. The molecule has 7 heteroatoms. The first-order chi connectivity index (χ1) is 7.88. The highest BCUT2D eigenvalue weighted by Gasteiger charge is 2.20. The van der Waals surface area contributed by atoms with Gasteiger partial charge in [-0.2, -0.15) is 0 Å². The van der Waals surface area contributed by atoms with Crippen LogP contribution in [0, 0.1) is 0 Å². The molecule has 1 aromatic carbocycles. The number of sulfonamides is 1. The summed E-state index contributed by atoms with van der Waals surface area (Å²) < 4.78 is 30.8. The molecule has 0 aliphatic heterocycles. The number of nitrogens with one attached hydrogen (secondary N) is 1. The smallest absolute Gasteiger partial charge is 0.244 e. The van der Waals surface area contributed by atoms with Crippen LogP contribution in [-0.4, -0.2) is 33.3 Å². The minimum Gasteiger partial charge on any atom is -0.487 e. The van der Waals surface area contributed by atoms with Crippen LogP contribution in [0.5, 0.6) is 5.75 Å². The summed E-state index contributed by atoms with van der Waals surface area (Å²) in [6.07, 6.45) is -0.709. The molecular formula is C10H16N2O4S. The van der Waals surface area contributed by atoms with Crippen molar-refractivity contribution in [3.05, 3.63) is 18.2 Å². The summed E-state index contributed by atoms with van der Waals surface area (Å²) in [6, 6.07) is 4.44. The second kappa shape index (κ2) is 5.35. The Labute approximate surface area is 100 Å². The summed E-state index contributed by atoms with van der Waals surface area (Å²) in [5.74, 6) is 0.0581. The maximum atomic E-state index is 11.7. The van der Waals surface area contributed by atoms with E-state index in [1.165, 1.54) is 32.2 Å². The first-order valence-electron chi connectivity index (χ1n) is 5.01. The summed E-state index contributed by atoms with van der Waals surface area (Å²) in [5, 5.41) is 9.12. The van der Waals surface area contributed by atoms with E-state index < -0.39 is 16.1 Å². The molecule has 6 nitrogen and oxygen atoms in total. The van der Waals surface area contributed by atoms with Crippen molar-refractivity contribution >= 4 is 15.7 Å². The third-order valence-electron chi connectivity index (χ3n) is 2.04. The van der Waals surface area contributed by atoms with Crippen LogP contribution in [0.1, 0.15) is 6.92 Å². The zero-order valence-electron chi connectivity index (χ0n) is 9.67. The summed E-state index contributed by atoms with van der Waals surface area (Å²) in [5.41, 5.74) is 5.87. The molecule has 0 bridgehead atoms. The van der Waals surface area contributed by atoms with Crippen molar-refractivity contribution in [3.8, 4) is 5.75 Å². The number of benzene rings is 1. The number of aliphatic hydroxyl groups excluding tert-OH is 1. The molecule has 17 heavy (non-hydrogen) atoms. The van der Waals surface area contributed by atoms with E-state index in [4.69, 9.17) is 15.6 Å². The highest BCUT2D eigenvalue weighted by molar-refractivity contribution is 7.89. The summed E-state index contributed by atoms with van der Waals surface area (Å²) in [6.45, 7) is 1.51. The maximum absolute atomic E-state index is 11.7. The lowest BCUT2D eigenvalue weighted by Crippen LogP contribution is -2.21. The molecule has 0 radical (unpaired) electrons.